The lowest BCUT2D eigenvalue weighted by atomic mass is 9.93. The summed E-state index contributed by atoms with van der Waals surface area (Å²) in [6.45, 7) is 1.93. The van der Waals surface area contributed by atoms with Crippen LogP contribution in [-0.4, -0.2) is 23.5 Å². The molecule has 0 bridgehead atoms. The highest BCUT2D eigenvalue weighted by Crippen LogP contribution is 2.13. The minimum atomic E-state index is -0.817. The van der Waals surface area contributed by atoms with E-state index in [1.807, 2.05) is 0 Å². The van der Waals surface area contributed by atoms with Crippen LogP contribution in [0.3, 0.4) is 0 Å². The van der Waals surface area contributed by atoms with Crippen molar-refractivity contribution >= 4 is 6.29 Å². The number of carbonyl (C=O) groups is 1. The highest BCUT2D eigenvalue weighted by Gasteiger charge is 2.20. The molecule has 0 saturated heterocycles. The van der Waals surface area contributed by atoms with Crippen LogP contribution in [0.2, 0.25) is 0 Å². The molecular weight excluding hydrogens is 168 g/mol. The van der Waals surface area contributed by atoms with Gasteiger partial charge in [0.1, 0.15) is 6.29 Å². The lowest BCUT2D eigenvalue weighted by Crippen LogP contribution is -2.40. The number of allylic oxidation sites excluding steroid dienone is 1. The SMILES string of the molecule is CCO.NC1=CCC(N)(C=O)C=C1. The predicted octanol–water partition coefficient (Wildman–Crippen LogP) is -0.316. The van der Waals surface area contributed by atoms with Crippen molar-refractivity contribution in [3.8, 4) is 0 Å². The molecule has 0 aromatic heterocycles. The third kappa shape index (κ3) is 4.45. The third-order valence-electron chi connectivity index (χ3n) is 1.50. The van der Waals surface area contributed by atoms with Gasteiger partial charge in [0.25, 0.3) is 0 Å². The van der Waals surface area contributed by atoms with Crippen LogP contribution in [0.5, 0.6) is 0 Å². The number of aldehydes is 1. The van der Waals surface area contributed by atoms with Crippen LogP contribution in [0, 0.1) is 0 Å². The molecule has 5 N–H and O–H groups in total. The van der Waals surface area contributed by atoms with E-state index in [4.69, 9.17) is 16.6 Å². The summed E-state index contributed by atoms with van der Waals surface area (Å²) in [7, 11) is 0. The minimum absolute atomic E-state index is 0.250. The fourth-order valence-electron chi connectivity index (χ4n) is 0.769. The molecule has 1 aliphatic rings. The molecule has 4 nitrogen and oxygen atoms in total. The number of nitrogens with two attached hydrogens (primary N) is 2. The zero-order valence-electron chi connectivity index (χ0n) is 7.73. The van der Waals surface area contributed by atoms with Gasteiger partial charge in [-0.25, -0.2) is 0 Å². The van der Waals surface area contributed by atoms with Gasteiger partial charge < -0.3 is 21.4 Å². The molecule has 1 rings (SSSR count). The van der Waals surface area contributed by atoms with E-state index in [2.05, 4.69) is 0 Å². The Kier molecular flexibility index (Phi) is 5.03. The van der Waals surface area contributed by atoms with E-state index < -0.39 is 5.54 Å². The summed E-state index contributed by atoms with van der Waals surface area (Å²) >= 11 is 0. The Hall–Kier alpha value is -1.13. The highest BCUT2D eigenvalue weighted by molar-refractivity contribution is 5.69. The largest absolute Gasteiger partial charge is 0.399 e. The molecule has 13 heavy (non-hydrogen) atoms. The van der Waals surface area contributed by atoms with Crippen LogP contribution < -0.4 is 11.5 Å². The third-order valence-corrected chi connectivity index (χ3v) is 1.50. The summed E-state index contributed by atoms with van der Waals surface area (Å²) in [5, 5.41) is 7.57. The maximum absolute atomic E-state index is 10.3. The summed E-state index contributed by atoms with van der Waals surface area (Å²) in [6, 6.07) is 0. The standard InChI is InChI=1S/C7H10N2O.C2H6O/c8-6-1-3-7(9,5-10)4-2-6;1-2-3/h1-3,5H,4,8-9H2;3H,2H2,1H3. The fourth-order valence-corrected chi connectivity index (χ4v) is 0.769. The molecular formula is C9H16N2O2. The normalized spacial score (nSPS) is 25.6. The molecule has 1 unspecified atom stereocenters. The Morgan fingerprint density at radius 3 is 2.62 bits per heavy atom. The van der Waals surface area contributed by atoms with Gasteiger partial charge >= 0.3 is 0 Å². The predicted molar refractivity (Wildman–Crippen MR) is 51.8 cm³/mol. The number of aliphatic hydroxyl groups excluding tert-OH is 1. The molecule has 0 aromatic rings. The van der Waals surface area contributed by atoms with Gasteiger partial charge in [0.05, 0.1) is 5.54 Å². The van der Waals surface area contributed by atoms with Crippen molar-refractivity contribution in [3.63, 3.8) is 0 Å². The minimum Gasteiger partial charge on any atom is -0.399 e. The van der Waals surface area contributed by atoms with Crippen LogP contribution in [0.25, 0.3) is 0 Å². The number of hydrogen-bond acceptors (Lipinski definition) is 4. The zero-order chi connectivity index (χ0) is 10.3. The molecule has 74 valence electrons. The molecule has 0 spiro atoms. The Bertz CT molecular complexity index is 224. The summed E-state index contributed by atoms with van der Waals surface area (Å²) in [5.74, 6) is 0. The summed E-state index contributed by atoms with van der Waals surface area (Å²) < 4.78 is 0. The fraction of sp³-hybridized carbons (Fsp3) is 0.444. The van der Waals surface area contributed by atoms with Gasteiger partial charge in [0, 0.05) is 12.3 Å². The Balaban J connectivity index is 0.000000424. The quantitative estimate of drug-likeness (QED) is 0.487. The van der Waals surface area contributed by atoms with Crippen molar-refractivity contribution in [1.29, 1.82) is 0 Å². The van der Waals surface area contributed by atoms with E-state index in [1.165, 1.54) is 0 Å². The lowest BCUT2D eigenvalue weighted by Gasteiger charge is -2.19. The van der Waals surface area contributed by atoms with E-state index >= 15 is 0 Å². The Morgan fingerprint density at radius 1 is 1.77 bits per heavy atom. The van der Waals surface area contributed by atoms with Gasteiger partial charge in [-0.05, 0) is 19.4 Å². The molecule has 0 aliphatic heterocycles. The monoisotopic (exact) mass is 184 g/mol. The van der Waals surface area contributed by atoms with Crippen LogP contribution in [-0.2, 0) is 4.79 Å². The first kappa shape index (κ1) is 11.9. The average Bonchev–Trinajstić information content (AvgIpc) is 2.12. The first-order chi connectivity index (χ1) is 6.08. The maximum Gasteiger partial charge on any atom is 0.144 e. The van der Waals surface area contributed by atoms with Crippen molar-refractivity contribution in [2.75, 3.05) is 6.61 Å². The molecule has 0 aromatic carbocycles. The van der Waals surface area contributed by atoms with Crippen molar-refractivity contribution in [2.45, 2.75) is 18.9 Å². The van der Waals surface area contributed by atoms with Crippen LogP contribution in [0.15, 0.2) is 23.9 Å². The zero-order valence-corrected chi connectivity index (χ0v) is 7.73. The van der Waals surface area contributed by atoms with Crippen molar-refractivity contribution < 1.29 is 9.90 Å². The maximum atomic E-state index is 10.3. The topological polar surface area (TPSA) is 89.3 Å². The molecule has 0 radical (unpaired) electrons. The molecule has 0 amide bonds. The lowest BCUT2D eigenvalue weighted by molar-refractivity contribution is -0.110. The number of hydrogen-bond donors (Lipinski definition) is 3. The smallest absolute Gasteiger partial charge is 0.144 e. The van der Waals surface area contributed by atoms with Crippen LogP contribution in [0.1, 0.15) is 13.3 Å². The molecule has 0 saturated carbocycles. The number of aliphatic hydroxyl groups is 1. The van der Waals surface area contributed by atoms with E-state index in [0.29, 0.717) is 12.1 Å². The van der Waals surface area contributed by atoms with E-state index in [9.17, 15) is 4.79 Å². The first-order valence-corrected chi connectivity index (χ1v) is 4.09. The molecule has 4 heteroatoms. The average molecular weight is 184 g/mol. The van der Waals surface area contributed by atoms with Gasteiger partial charge in [0.2, 0.25) is 0 Å². The van der Waals surface area contributed by atoms with E-state index in [0.717, 1.165) is 6.29 Å². The van der Waals surface area contributed by atoms with Gasteiger partial charge in [-0.15, -0.1) is 0 Å². The summed E-state index contributed by atoms with van der Waals surface area (Å²) in [6.07, 6.45) is 6.24. The van der Waals surface area contributed by atoms with Crippen LogP contribution in [0.4, 0.5) is 0 Å². The van der Waals surface area contributed by atoms with E-state index in [-0.39, 0.29) is 6.61 Å². The van der Waals surface area contributed by atoms with E-state index in [1.54, 1.807) is 25.2 Å². The Labute approximate surface area is 77.9 Å². The van der Waals surface area contributed by atoms with Crippen molar-refractivity contribution in [2.24, 2.45) is 11.5 Å². The second-order valence-electron chi connectivity index (χ2n) is 2.79. The molecule has 1 atom stereocenters. The van der Waals surface area contributed by atoms with Crippen LogP contribution >= 0.6 is 0 Å². The van der Waals surface area contributed by atoms with Gasteiger partial charge in [-0.3, -0.25) is 0 Å². The summed E-state index contributed by atoms with van der Waals surface area (Å²) in [5.41, 5.74) is 10.8. The molecule has 0 fully saturated rings. The second-order valence-corrected chi connectivity index (χ2v) is 2.79. The van der Waals surface area contributed by atoms with Crippen molar-refractivity contribution in [1.82, 2.24) is 0 Å². The summed E-state index contributed by atoms with van der Waals surface area (Å²) in [4.78, 5) is 10.3. The molecule has 1 aliphatic carbocycles. The van der Waals surface area contributed by atoms with Crippen molar-refractivity contribution in [3.05, 3.63) is 23.9 Å². The number of carbonyl (C=O) groups excluding carboxylic acids is 1. The van der Waals surface area contributed by atoms with Gasteiger partial charge in [0.15, 0.2) is 0 Å². The second kappa shape index (κ2) is 5.50. The number of rotatable bonds is 1. The van der Waals surface area contributed by atoms with Gasteiger partial charge in [-0.1, -0.05) is 12.2 Å². The Morgan fingerprint density at radius 2 is 2.31 bits per heavy atom. The highest BCUT2D eigenvalue weighted by atomic mass is 16.2. The van der Waals surface area contributed by atoms with Gasteiger partial charge in [-0.2, -0.15) is 0 Å². The first-order valence-electron chi connectivity index (χ1n) is 4.09. The molecule has 0 heterocycles.